The Hall–Kier alpha value is -3.09. The van der Waals surface area contributed by atoms with Gasteiger partial charge >= 0.3 is 6.03 Å². The van der Waals surface area contributed by atoms with Crippen LogP contribution in [0.15, 0.2) is 36.5 Å². The van der Waals surface area contributed by atoms with Crippen molar-refractivity contribution in [2.45, 2.75) is 64.5 Å². The normalized spacial score (nSPS) is 17.4. The van der Waals surface area contributed by atoms with Crippen LogP contribution in [-0.2, 0) is 12.0 Å². The third-order valence-electron chi connectivity index (χ3n) is 7.00. The number of ether oxygens (including phenoxy) is 1. The summed E-state index contributed by atoms with van der Waals surface area (Å²) in [4.78, 5) is 18.9. The Kier molecular flexibility index (Phi) is 5.72. The molecule has 1 aromatic carbocycles. The summed E-state index contributed by atoms with van der Waals surface area (Å²) < 4.78 is 8.07. The predicted molar refractivity (Wildman–Crippen MR) is 130 cm³/mol. The van der Waals surface area contributed by atoms with Crippen LogP contribution in [0.1, 0.15) is 52.1 Å². The summed E-state index contributed by atoms with van der Waals surface area (Å²) >= 11 is 0. The molecule has 2 aliphatic rings. The van der Waals surface area contributed by atoms with Gasteiger partial charge in [-0.25, -0.2) is 4.79 Å². The number of benzene rings is 1. The number of likely N-dealkylation sites (tertiary alicyclic amines) is 1. The first-order valence-corrected chi connectivity index (χ1v) is 12.2. The van der Waals surface area contributed by atoms with Gasteiger partial charge < -0.3 is 15.0 Å². The number of urea groups is 1. The third-order valence-corrected chi connectivity index (χ3v) is 7.00. The molecule has 3 aromatic rings. The second kappa shape index (κ2) is 8.69. The van der Waals surface area contributed by atoms with E-state index >= 15 is 0 Å². The zero-order valence-electron chi connectivity index (χ0n) is 19.8. The molecule has 0 atom stereocenters. The van der Waals surface area contributed by atoms with Crippen LogP contribution in [0.5, 0.6) is 5.75 Å². The molecule has 0 radical (unpaired) electrons. The molecule has 1 saturated heterocycles. The SMILES string of the molecule is CCNC(=O)N1CCC2(CCCn3nc(-c4cnc5ccc(OC(C)C)cc5c4)cc32)CC1. The van der Waals surface area contributed by atoms with Crippen LogP contribution in [-0.4, -0.2) is 51.4 Å². The smallest absolute Gasteiger partial charge is 0.317 e. The van der Waals surface area contributed by atoms with Crippen molar-refractivity contribution >= 4 is 16.9 Å². The fourth-order valence-corrected chi connectivity index (χ4v) is 5.35. The number of hydrogen-bond acceptors (Lipinski definition) is 4. The second-order valence-corrected chi connectivity index (χ2v) is 9.59. The van der Waals surface area contributed by atoms with Crippen LogP contribution < -0.4 is 10.1 Å². The molecule has 174 valence electrons. The van der Waals surface area contributed by atoms with Gasteiger partial charge in [-0.1, -0.05) is 0 Å². The van der Waals surface area contributed by atoms with Gasteiger partial charge in [-0.15, -0.1) is 0 Å². The highest BCUT2D eigenvalue weighted by molar-refractivity contribution is 5.84. The van der Waals surface area contributed by atoms with Gasteiger partial charge in [-0.2, -0.15) is 5.10 Å². The van der Waals surface area contributed by atoms with Gasteiger partial charge in [0.2, 0.25) is 0 Å². The molecular formula is C26H33N5O2. The van der Waals surface area contributed by atoms with E-state index in [4.69, 9.17) is 9.84 Å². The number of fused-ring (bicyclic) bond motifs is 3. The van der Waals surface area contributed by atoms with Crippen molar-refractivity contribution in [1.29, 1.82) is 0 Å². The van der Waals surface area contributed by atoms with E-state index in [0.717, 1.165) is 73.2 Å². The molecule has 1 N–H and O–H groups in total. The molecule has 7 nitrogen and oxygen atoms in total. The zero-order chi connectivity index (χ0) is 23.0. The van der Waals surface area contributed by atoms with Crippen LogP contribution >= 0.6 is 0 Å². The largest absolute Gasteiger partial charge is 0.491 e. The van der Waals surface area contributed by atoms with Crippen molar-refractivity contribution in [3.63, 3.8) is 0 Å². The lowest BCUT2D eigenvalue weighted by atomic mass is 9.70. The highest BCUT2D eigenvalue weighted by Gasteiger charge is 2.41. The maximum Gasteiger partial charge on any atom is 0.317 e. The topological polar surface area (TPSA) is 72.3 Å². The number of piperidine rings is 1. The van der Waals surface area contributed by atoms with E-state index in [2.05, 4.69) is 33.2 Å². The number of pyridine rings is 1. The molecule has 2 aliphatic heterocycles. The van der Waals surface area contributed by atoms with Crippen LogP contribution in [0.25, 0.3) is 22.2 Å². The van der Waals surface area contributed by atoms with Crippen LogP contribution in [0.2, 0.25) is 0 Å². The summed E-state index contributed by atoms with van der Waals surface area (Å²) in [5.74, 6) is 0.860. The van der Waals surface area contributed by atoms with Gasteiger partial charge in [-0.05, 0) is 76.8 Å². The number of carbonyl (C=O) groups is 1. The summed E-state index contributed by atoms with van der Waals surface area (Å²) in [5, 5.41) is 8.98. The Labute approximate surface area is 195 Å². The van der Waals surface area contributed by atoms with E-state index < -0.39 is 0 Å². The molecule has 5 rings (SSSR count). The average Bonchev–Trinajstić information content (AvgIpc) is 3.25. The zero-order valence-corrected chi connectivity index (χ0v) is 19.8. The third kappa shape index (κ3) is 4.16. The van der Waals surface area contributed by atoms with Crippen molar-refractivity contribution in [2.24, 2.45) is 0 Å². The van der Waals surface area contributed by atoms with E-state index in [-0.39, 0.29) is 17.6 Å². The Bertz CT molecular complexity index is 1160. The monoisotopic (exact) mass is 447 g/mol. The maximum atomic E-state index is 12.3. The van der Waals surface area contributed by atoms with Crippen molar-refractivity contribution in [2.75, 3.05) is 19.6 Å². The maximum absolute atomic E-state index is 12.3. The van der Waals surface area contributed by atoms with Crippen molar-refractivity contribution in [1.82, 2.24) is 25.0 Å². The van der Waals surface area contributed by atoms with Crippen molar-refractivity contribution in [3.8, 4) is 17.0 Å². The number of hydrogen-bond donors (Lipinski definition) is 1. The molecule has 7 heteroatoms. The lowest BCUT2D eigenvalue weighted by Crippen LogP contribution is -2.50. The van der Waals surface area contributed by atoms with E-state index in [9.17, 15) is 4.79 Å². The molecule has 1 spiro atoms. The Morgan fingerprint density at radius 3 is 2.73 bits per heavy atom. The second-order valence-electron chi connectivity index (χ2n) is 9.59. The van der Waals surface area contributed by atoms with Crippen LogP contribution in [0.3, 0.4) is 0 Å². The first kappa shape index (κ1) is 21.7. The Balaban J connectivity index is 1.42. The Morgan fingerprint density at radius 2 is 1.97 bits per heavy atom. The molecule has 0 unspecified atom stereocenters. The van der Waals surface area contributed by atoms with Gasteiger partial charge in [0.15, 0.2) is 0 Å². The summed E-state index contributed by atoms with van der Waals surface area (Å²) in [5.41, 5.74) is 4.38. The first-order valence-electron chi connectivity index (χ1n) is 12.2. The number of aryl methyl sites for hydroxylation is 1. The minimum atomic E-state index is 0.0559. The molecule has 0 bridgehead atoms. The highest BCUT2D eigenvalue weighted by Crippen LogP contribution is 2.43. The van der Waals surface area contributed by atoms with E-state index in [1.54, 1.807) is 0 Å². The average molecular weight is 448 g/mol. The molecule has 2 aromatic heterocycles. The van der Waals surface area contributed by atoms with E-state index in [1.165, 1.54) is 5.69 Å². The van der Waals surface area contributed by atoms with Gasteiger partial charge in [0.25, 0.3) is 0 Å². The summed E-state index contributed by atoms with van der Waals surface area (Å²) in [6, 6.07) is 10.5. The van der Waals surface area contributed by atoms with Crippen LogP contribution in [0.4, 0.5) is 4.79 Å². The fraction of sp³-hybridized carbons (Fsp3) is 0.500. The summed E-state index contributed by atoms with van der Waals surface area (Å²) in [6.45, 7) is 9.23. The first-order chi connectivity index (χ1) is 16.0. The lowest BCUT2D eigenvalue weighted by molar-refractivity contribution is 0.139. The lowest BCUT2D eigenvalue weighted by Gasteiger charge is -2.44. The van der Waals surface area contributed by atoms with Gasteiger partial charge in [0.1, 0.15) is 5.75 Å². The molecule has 4 heterocycles. The van der Waals surface area contributed by atoms with E-state index in [1.807, 2.05) is 44.0 Å². The molecular weight excluding hydrogens is 414 g/mol. The number of amides is 2. The minimum absolute atomic E-state index is 0.0559. The van der Waals surface area contributed by atoms with Gasteiger partial charge in [0, 0.05) is 54.4 Å². The van der Waals surface area contributed by atoms with Crippen LogP contribution in [0, 0.1) is 0 Å². The van der Waals surface area contributed by atoms with E-state index in [0.29, 0.717) is 6.54 Å². The molecule has 0 aliphatic carbocycles. The minimum Gasteiger partial charge on any atom is -0.491 e. The number of nitrogens with zero attached hydrogens (tertiary/aromatic N) is 4. The number of carbonyl (C=O) groups excluding carboxylic acids is 1. The fourth-order valence-electron chi connectivity index (χ4n) is 5.35. The molecule has 0 saturated carbocycles. The number of aromatic nitrogens is 3. The number of nitrogens with one attached hydrogen (secondary N) is 1. The molecule has 2 amide bonds. The van der Waals surface area contributed by atoms with Crippen molar-refractivity contribution in [3.05, 3.63) is 42.2 Å². The standard InChI is InChI=1S/C26H33N5O2/c1-4-27-25(32)30-12-9-26(10-13-30)8-5-11-31-24(26)16-23(29-31)20-14-19-15-21(33-18(2)3)6-7-22(19)28-17-20/h6-7,14-18H,4-5,8-13H2,1-3H3,(H,27,32). The Morgan fingerprint density at radius 1 is 1.15 bits per heavy atom. The highest BCUT2D eigenvalue weighted by atomic mass is 16.5. The van der Waals surface area contributed by atoms with Gasteiger partial charge in [0.05, 0.1) is 17.3 Å². The summed E-state index contributed by atoms with van der Waals surface area (Å²) in [6.07, 6.45) is 6.31. The van der Waals surface area contributed by atoms with Gasteiger partial charge in [-0.3, -0.25) is 9.67 Å². The predicted octanol–water partition coefficient (Wildman–Crippen LogP) is 4.74. The molecule has 1 fully saturated rings. The quantitative estimate of drug-likeness (QED) is 0.627. The molecule has 33 heavy (non-hydrogen) atoms. The summed E-state index contributed by atoms with van der Waals surface area (Å²) in [7, 11) is 0. The number of rotatable bonds is 4. The van der Waals surface area contributed by atoms with Crippen molar-refractivity contribution < 1.29 is 9.53 Å².